The van der Waals surface area contributed by atoms with Gasteiger partial charge in [0.15, 0.2) is 0 Å². The van der Waals surface area contributed by atoms with E-state index in [0.29, 0.717) is 11.1 Å². The number of likely N-dealkylation sites (tertiary alicyclic amines) is 1. The van der Waals surface area contributed by atoms with Crippen LogP contribution in [0.25, 0.3) is 11.0 Å². The van der Waals surface area contributed by atoms with Gasteiger partial charge in [0.2, 0.25) is 11.8 Å². The van der Waals surface area contributed by atoms with E-state index in [1.165, 1.54) is 0 Å². The third-order valence-corrected chi connectivity index (χ3v) is 3.67. The summed E-state index contributed by atoms with van der Waals surface area (Å²) in [6, 6.07) is 5.08. The molecular formula is C14H16N4O2. The quantitative estimate of drug-likeness (QED) is 0.895. The Morgan fingerprint density at radius 3 is 2.70 bits per heavy atom. The summed E-state index contributed by atoms with van der Waals surface area (Å²) in [5.74, 6) is -0.365. The number of imidazole rings is 1. The van der Waals surface area contributed by atoms with Crippen molar-refractivity contribution < 1.29 is 9.59 Å². The first-order valence-corrected chi connectivity index (χ1v) is 6.67. The van der Waals surface area contributed by atoms with Crippen molar-refractivity contribution in [3.63, 3.8) is 0 Å². The van der Waals surface area contributed by atoms with Gasteiger partial charge in [0, 0.05) is 18.7 Å². The van der Waals surface area contributed by atoms with E-state index >= 15 is 0 Å². The topological polar surface area (TPSA) is 81.2 Å². The molecule has 0 atom stereocenters. The summed E-state index contributed by atoms with van der Waals surface area (Å²) in [5.41, 5.74) is 7.18. The summed E-state index contributed by atoms with van der Waals surface area (Å²) in [4.78, 5) is 29.4. The summed E-state index contributed by atoms with van der Waals surface area (Å²) in [6.07, 6.45) is 3.79. The molecule has 2 amide bonds. The van der Waals surface area contributed by atoms with Gasteiger partial charge in [0.1, 0.15) is 6.54 Å². The van der Waals surface area contributed by atoms with Crippen LogP contribution in [0.15, 0.2) is 24.5 Å². The Hall–Kier alpha value is -2.37. The van der Waals surface area contributed by atoms with E-state index < -0.39 is 5.91 Å². The second-order valence-corrected chi connectivity index (χ2v) is 5.03. The zero-order valence-corrected chi connectivity index (χ0v) is 11.1. The normalized spacial score (nSPS) is 14.9. The van der Waals surface area contributed by atoms with Crippen molar-refractivity contribution in [1.29, 1.82) is 0 Å². The maximum Gasteiger partial charge on any atom is 0.248 e. The van der Waals surface area contributed by atoms with E-state index in [1.54, 1.807) is 29.1 Å². The molecule has 0 bridgehead atoms. The summed E-state index contributed by atoms with van der Waals surface area (Å²) >= 11 is 0. The number of benzene rings is 1. The first kappa shape index (κ1) is 12.7. The first-order chi connectivity index (χ1) is 9.65. The number of nitrogens with two attached hydrogens (primary N) is 1. The minimum Gasteiger partial charge on any atom is -0.366 e. The number of fused-ring (bicyclic) bond motifs is 1. The number of hydrogen-bond donors (Lipinski definition) is 1. The van der Waals surface area contributed by atoms with E-state index in [4.69, 9.17) is 5.73 Å². The van der Waals surface area contributed by atoms with Gasteiger partial charge in [-0.1, -0.05) is 0 Å². The Kier molecular flexibility index (Phi) is 3.14. The Morgan fingerprint density at radius 2 is 2.00 bits per heavy atom. The Bertz CT molecular complexity index is 671. The molecule has 1 aromatic carbocycles. The summed E-state index contributed by atoms with van der Waals surface area (Å²) in [5, 5.41) is 0. The largest absolute Gasteiger partial charge is 0.366 e. The van der Waals surface area contributed by atoms with Crippen LogP contribution in [0.5, 0.6) is 0 Å². The molecule has 6 nitrogen and oxygen atoms in total. The maximum atomic E-state index is 12.1. The van der Waals surface area contributed by atoms with Crippen molar-refractivity contribution in [2.24, 2.45) is 5.73 Å². The molecule has 6 heteroatoms. The average molecular weight is 272 g/mol. The molecule has 2 aromatic rings. The van der Waals surface area contributed by atoms with Gasteiger partial charge in [0.25, 0.3) is 0 Å². The van der Waals surface area contributed by atoms with E-state index in [0.717, 1.165) is 31.4 Å². The number of carbonyl (C=O) groups excluding carboxylic acids is 2. The Morgan fingerprint density at radius 1 is 1.25 bits per heavy atom. The van der Waals surface area contributed by atoms with Crippen LogP contribution in [0.2, 0.25) is 0 Å². The minimum absolute atomic E-state index is 0.112. The second kappa shape index (κ2) is 4.96. The van der Waals surface area contributed by atoms with Gasteiger partial charge in [-0.25, -0.2) is 4.98 Å². The van der Waals surface area contributed by atoms with Gasteiger partial charge < -0.3 is 15.2 Å². The zero-order chi connectivity index (χ0) is 14.1. The predicted molar refractivity (Wildman–Crippen MR) is 74.1 cm³/mol. The van der Waals surface area contributed by atoms with Crippen LogP contribution < -0.4 is 5.73 Å². The summed E-state index contributed by atoms with van der Waals surface area (Å²) in [7, 11) is 0. The molecule has 2 heterocycles. The Balaban J connectivity index is 1.85. The number of rotatable bonds is 3. The van der Waals surface area contributed by atoms with Crippen molar-refractivity contribution >= 4 is 22.8 Å². The average Bonchev–Trinajstić information content (AvgIpc) is 3.07. The monoisotopic (exact) mass is 272 g/mol. The van der Waals surface area contributed by atoms with Crippen molar-refractivity contribution in [2.45, 2.75) is 19.4 Å². The molecule has 1 aromatic heterocycles. The van der Waals surface area contributed by atoms with Gasteiger partial charge in [0.05, 0.1) is 17.4 Å². The van der Waals surface area contributed by atoms with Crippen LogP contribution in [-0.2, 0) is 11.3 Å². The fraction of sp³-hybridized carbons (Fsp3) is 0.357. The highest BCUT2D eigenvalue weighted by atomic mass is 16.2. The fourth-order valence-corrected chi connectivity index (χ4v) is 2.56. The SMILES string of the molecule is NC(=O)c1ccc2c(c1)ncn2CC(=O)N1CCCC1. The number of nitrogens with zero attached hydrogens (tertiary/aromatic N) is 3. The van der Waals surface area contributed by atoms with Gasteiger partial charge in [-0.2, -0.15) is 0 Å². The van der Waals surface area contributed by atoms with E-state index in [1.807, 2.05) is 4.90 Å². The number of primary amides is 1. The number of hydrogen-bond acceptors (Lipinski definition) is 3. The number of amides is 2. The van der Waals surface area contributed by atoms with Gasteiger partial charge in [-0.05, 0) is 31.0 Å². The molecule has 1 aliphatic rings. The highest BCUT2D eigenvalue weighted by molar-refractivity contribution is 5.96. The van der Waals surface area contributed by atoms with Crippen molar-refractivity contribution in [1.82, 2.24) is 14.5 Å². The molecule has 0 spiro atoms. The molecule has 0 radical (unpaired) electrons. The third kappa shape index (κ3) is 2.24. The minimum atomic E-state index is -0.477. The predicted octanol–water partition coefficient (Wildman–Crippen LogP) is 0.758. The molecule has 1 aliphatic heterocycles. The van der Waals surface area contributed by atoms with Crippen molar-refractivity contribution in [3.05, 3.63) is 30.1 Å². The van der Waals surface area contributed by atoms with Crippen molar-refractivity contribution in [3.8, 4) is 0 Å². The lowest BCUT2D eigenvalue weighted by atomic mass is 10.2. The number of aromatic nitrogens is 2. The molecule has 0 unspecified atom stereocenters. The molecule has 0 saturated carbocycles. The molecule has 1 saturated heterocycles. The summed E-state index contributed by atoms with van der Waals surface area (Å²) in [6.45, 7) is 1.97. The van der Waals surface area contributed by atoms with E-state index in [-0.39, 0.29) is 12.5 Å². The lowest BCUT2D eigenvalue weighted by Crippen LogP contribution is -2.30. The highest BCUT2D eigenvalue weighted by Gasteiger charge is 2.18. The molecule has 104 valence electrons. The van der Waals surface area contributed by atoms with Crippen LogP contribution >= 0.6 is 0 Å². The van der Waals surface area contributed by atoms with Crippen LogP contribution in [0.1, 0.15) is 23.2 Å². The third-order valence-electron chi connectivity index (χ3n) is 3.67. The zero-order valence-electron chi connectivity index (χ0n) is 11.1. The molecule has 2 N–H and O–H groups in total. The Labute approximate surface area is 116 Å². The van der Waals surface area contributed by atoms with Crippen LogP contribution in [0, 0.1) is 0 Å². The molecule has 20 heavy (non-hydrogen) atoms. The lowest BCUT2D eigenvalue weighted by Gasteiger charge is -2.15. The van der Waals surface area contributed by atoms with Crippen LogP contribution in [-0.4, -0.2) is 39.4 Å². The fourth-order valence-electron chi connectivity index (χ4n) is 2.56. The second-order valence-electron chi connectivity index (χ2n) is 5.03. The molecular weight excluding hydrogens is 256 g/mol. The van der Waals surface area contributed by atoms with Gasteiger partial charge in [-0.15, -0.1) is 0 Å². The van der Waals surface area contributed by atoms with Crippen LogP contribution in [0.3, 0.4) is 0 Å². The molecule has 0 aliphatic carbocycles. The standard InChI is InChI=1S/C14H16N4O2/c15-14(20)10-3-4-12-11(7-10)16-9-18(12)8-13(19)17-5-1-2-6-17/h3-4,7,9H,1-2,5-6,8H2,(H2,15,20). The summed E-state index contributed by atoms with van der Waals surface area (Å²) < 4.78 is 1.81. The molecule has 3 rings (SSSR count). The smallest absolute Gasteiger partial charge is 0.248 e. The maximum absolute atomic E-state index is 12.1. The van der Waals surface area contributed by atoms with Gasteiger partial charge >= 0.3 is 0 Å². The van der Waals surface area contributed by atoms with E-state index in [2.05, 4.69) is 4.98 Å². The first-order valence-electron chi connectivity index (χ1n) is 6.67. The van der Waals surface area contributed by atoms with Crippen LogP contribution in [0.4, 0.5) is 0 Å². The van der Waals surface area contributed by atoms with Gasteiger partial charge in [-0.3, -0.25) is 9.59 Å². The number of carbonyl (C=O) groups is 2. The lowest BCUT2D eigenvalue weighted by molar-refractivity contribution is -0.130. The van der Waals surface area contributed by atoms with Crippen molar-refractivity contribution in [2.75, 3.05) is 13.1 Å². The van der Waals surface area contributed by atoms with E-state index in [9.17, 15) is 9.59 Å². The molecule has 1 fully saturated rings. The highest BCUT2D eigenvalue weighted by Crippen LogP contribution is 2.16.